The molecule has 0 saturated carbocycles. The lowest BCUT2D eigenvalue weighted by Crippen LogP contribution is -2.45. The molecule has 1 aliphatic rings. The Morgan fingerprint density at radius 3 is 2.64 bits per heavy atom. The van der Waals surface area contributed by atoms with E-state index in [-0.39, 0.29) is 30.0 Å². The number of halogens is 3. The molecule has 1 aromatic carbocycles. The van der Waals surface area contributed by atoms with E-state index in [1.807, 2.05) is 0 Å². The average molecular weight is 358 g/mol. The smallest absolute Gasteiger partial charge is 0.416 e. The maximum atomic E-state index is 12.9. The number of ether oxygens (including phenoxy) is 2. The predicted molar refractivity (Wildman–Crippen MR) is 81.4 cm³/mol. The number of carbonyl (C=O) groups excluding carboxylic acids is 2. The number of carbonyl (C=O) groups is 2. The Hall–Kier alpha value is -2.55. The molecule has 1 heterocycles. The molecule has 0 spiro atoms. The second-order valence-corrected chi connectivity index (χ2v) is 5.32. The second kappa shape index (κ2) is 7.56. The lowest BCUT2D eigenvalue weighted by molar-refractivity contribution is -0.140. The van der Waals surface area contributed by atoms with E-state index in [4.69, 9.17) is 9.47 Å². The van der Waals surface area contributed by atoms with Gasteiger partial charge >= 0.3 is 18.2 Å². The van der Waals surface area contributed by atoms with Crippen molar-refractivity contribution in [2.24, 2.45) is 0 Å². The minimum Gasteiger partial charge on any atom is -0.460 e. The summed E-state index contributed by atoms with van der Waals surface area (Å²) in [4.78, 5) is 24.0. The van der Waals surface area contributed by atoms with E-state index < -0.39 is 29.8 Å². The number of urea groups is 1. The molecule has 0 unspecified atom stereocenters. The summed E-state index contributed by atoms with van der Waals surface area (Å²) >= 11 is 0. The zero-order valence-corrected chi connectivity index (χ0v) is 13.6. The van der Waals surface area contributed by atoms with Crippen molar-refractivity contribution in [2.75, 3.05) is 20.3 Å². The molecule has 25 heavy (non-hydrogen) atoms. The van der Waals surface area contributed by atoms with Gasteiger partial charge in [-0.1, -0.05) is 12.1 Å². The second-order valence-electron chi connectivity index (χ2n) is 5.32. The summed E-state index contributed by atoms with van der Waals surface area (Å²) in [5.74, 6) is -0.746. The molecule has 2 N–H and O–H groups in total. The van der Waals surface area contributed by atoms with Crippen molar-refractivity contribution in [1.82, 2.24) is 10.6 Å². The molecule has 9 heteroatoms. The Labute approximate surface area is 142 Å². The molecule has 1 aromatic rings. The topological polar surface area (TPSA) is 76.7 Å². The van der Waals surface area contributed by atoms with Crippen LogP contribution in [0.2, 0.25) is 0 Å². The third kappa shape index (κ3) is 4.50. The lowest BCUT2D eigenvalue weighted by atomic mass is 9.94. The monoisotopic (exact) mass is 358 g/mol. The molecule has 136 valence electrons. The highest BCUT2D eigenvalue weighted by molar-refractivity contribution is 5.95. The van der Waals surface area contributed by atoms with Crippen molar-refractivity contribution in [2.45, 2.75) is 19.1 Å². The van der Waals surface area contributed by atoms with Gasteiger partial charge in [0.2, 0.25) is 0 Å². The normalized spacial score (nSPS) is 17.8. The number of methoxy groups -OCH3 is 1. The Kier molecular flexibility index (Phi) is 5.68. The van der Waals surface area contributed by atoms with Crippen LogP contribution in [0, 0.1) is 0 Å². The van der Waals surface area contributed by atoms with Crippen molar-refractivity contribution >= 4 is 12.0 Å². The number of rotatable bonds is 5. The van der Waals surface area contributed by atoms with Crippen molar-refractivity contribution in [3.8, 4) is 0 Å². The zero-order chi connectivity index (χ0) is 18.6. The maximum Gasteiger partial charge on any atom is 0.416 e. The minimum absolute atomic E-state index is 0.0185. The molecule has 0 bridgehead atoms. The summed E-state index contributed by atoms with van der Waals surface area (Å²) in [5.41, 5.74) is -0.492. The van der Waals surface area contributed by atoms with Crippen LogP contribution in [0.25, 0.3) is 0 Å². The molecule has 2 rings (SSSR count). The highest BCUT2D eigenvalue weighted by atomic mass is 19.4. The fourth-order valence-corrected chi connectivity index (χ4v) is 2.40. The Morgan fingerprint density at radius 2 is 2.00 bits per heavy atom. The summed E-state index contributed by atoms with van der Waals surface area (Å²) in [5, 5.41) is 4.88. The number of nitrogens with one attached hydrogen (secondary N) is 2. The van der Waals surface area contributed by atoms with Gasteiger partial charge in [0.25, 0.3) is 0 Å². The van der Waals surface area contributed by atoms with Gasteiger partial charge < -0.3 is 20.1 Å². The number of allylic oxidation sites excluding steroid dienone is 1. The van der Waals surface area contributed by atoms with E-state index in [0.717, 1.165) is 12.1 Å². The summed E-state index contributed by atoms with van der Waals surface area (Å²) in [6, 6.07) is 2.77. The molecular formula is C16H17F3N2O4. The molecule has 6 nitrogen and oxygen atoms in total. The number of alkyl halides is 3. The third-order valence-electron chi connectivity index (χ3n) is 3.56. The molecule has 0 radical (unpaired) electrons. The molecule has 0 aliphatic carbocycles. The Balaban J connectivity index is 2.37. The van der Waals surface area contributed by atoms with Crippen molar-refractivity contribution < 1.29 is 32.2 Å². The van der Waals surface area contributed by atoms with Crippen molar-refractivity contribution in [3.05, 3.63) is 46.7 Å². The molecule has 2 amide bonds. The first kappa shape index (κ1) is 18.8. The van der Waals surface area contributed by atoms with Gasteiger partial charge in [-0.05, 0) is 24.6 Å². The van der Waals surface area contributed by atoms with Crippen molar-refractivity contribution in [1.29, 1.82) is 0 Å². The standard InChI is InChI=1S/C16H17F3N2O4/c1-9-12(14(22)25-7-6-24-2)13(21-15(23)20-9)10-4-3-5-11(8-10)16(17,18)19/h3-5,8,13H,6-7H2,1-2H3,(H2,20,21,23)/t13-/m0/s1. The third-order valence-corrected chi connectivity index (χ3v) is 3.56. The first-order chi connectivity index (χ1) is 11.7. The largest absolute Gasteiger partial charge is 0.460 e. The number of benzene rings is 1. The fraction of sp³-hybridized carbons (Fsp3) is 0.375. The van der Waals surface area contributed by atoms with E-state index >= 15 is 0 Å². The van der Waals surface area contributed by atoms with E-state index in [0.29, 0.717) is 0 Å². The van der Waals surface area contributed by atoms with E-state index in [2.05, 4.69) is 10.6 Å². The molecular weight excluding hydrogens is 341 g/mol. The van der Waals surface area contributed by atoms with Crippen LogP contribution in [0.15, 0.2) is 35.5 Å². The highest BCUT2D eigenvalue weighted by Crippen LogP contribution is 2.33. The maximum absolute atomic E-state index is 12.9. The van der Waals surface area contributed by atoms with Gasteiger partial charge in [0.05, 0.1) is 23.8 Å². The quantitative estimate of drug-likeness (QED) is 0.626. The number of hydrogen-bond acceptors (Lipinski definition) is 4. The van der Waals surface area contributed by atoms with Crippen LogP contribution >= 0.6 is 0 Å². The summed E-state index contributed by atoms with van der Waals surface area (Å²) in [6.07, 6.45) is -4.54. The Morgan fingerprint density at radius 1 is 1.28 bits per heavy atom. The van der Waals surface area contributed by atoms with Gasteiger partial charge in [-0.15, -0.1) is 0 Å². The molecule has 1 aliphatic heterocycles. The van der Waals surface area contributed by atoms with Gasteiger partial charge in [0.15, 0.2) is 0 Å². The molecule has 0 aromatic heterocycles. The van der Waals surface area contributed by atoms with Crippen LogP contribution in [0.5, 0.6) is 0 Å². The van der Waals surface area contributed by atoms with Gasteiger partial charge in [-0.2, -0.15) is 13.2 Å². The molecule has 0 saturated heterocycles. The predicted octanol–water partition coefficient (Wildman–Crippen LogP) is 2.52. The van der Waals surface area contributed by atoms with Crippen LogP contribution in [-0.2, 0) is 20.4 Å². The summed E-state index contributed by atoms with van der Waals surface area (Å²) in [7, 11) is 1.44. The SMILES string of the molecule is COCCOC(=O)C1=C(C)NC(=O)N[C@H]1c1cccc(C(F)(F)F)c1. The van der Waals surface area contributed by atoms with E-state index in [1.54, 1.807) is 0 Å². The minimum atomic E-state index is -4.54. The fourth-order valence-electron chi connectivity index (χ4n) is 2.40. The van der Waals surface area contributed by atoms with Gasteiger partial charge in [-0.25, -0.2) is 9.59 Å². The number of amides is 2. The van der Waals surface area contributed by atoms with E-state index in [1.165, 1.54) is 26.2 Å². The van der Waals surface area contributed by atoms with Gasteiger partial charge in [-0.3, -0.25) is 0 Å². The zero-order valence-electron chi connectivity index (χ0n) is 13.6. The van der Waals surface area contributed by atoms with Crippen LogP contribution in [0.3, 0.4) is 0 Å². The van der Waals surface area contributed by atoms with Crippen LogP contribution in [-0.4, -0.2) is 32.3 Å². The number of esters is 1. The van der Waals surface area contributed by atoms with Crippen LogP contribution in [0.1, 0.15) is 24.1 Å². The summed E-state index contributed by atoms with van der Waals surface area (Å²) < 4.78 is 48.6. The van der Waals surface area contributed by atoms with Gasteiger partial charge in [0.1, 0.15) is 6.61 Å². The van der Waals surface area contributed by atoms with Crippen molar-refractivity contribution in [3.63, 3.8) is 0 Å². The first-order valence-electron chi connectivity index (χ1n) is 7.35. The first-order valence-corrected chi connectivity index (χ1v) is 7.35. The van der Waals surface area contributed by atoms with Crippen LogP contribution < -0.4 is 10.6 Å². The van der Waals surface area contributed by atoms with Crippen LogP contribution in [0.4, 0.5) is 18.0 Å². The highest BCUT2D eigenvalue weighted by Gasteiger charge is 2.35. The molecule has 0 fully saturated rings. The lowest BCUT2D eigenvalue weighted by Gasteiger charge is -2.28. The Bertz CT molecular complexity index is 701. The van der Waals surface area contributed by atoms with Gasteiger partial charge in [0, 0.05) is 12.8 Å². The average Bonchev–Trinajstić information content (AvgIpc) is 2.53. The molecule has 1 atom stereocenters. The number of hydrogen-bond donors (Lipinski definition) is 2. The summed E-state index contributed by atoms with van der Waals surface area (Å²) in [6.45, 7) is 1.63. The van der Waals surface area contributed by atoms with E-state index in [9.17, 15) is 22.8 Å².